The van der Waals surface area contributed by atoms with Crippen LogP contribution in [0, 0.1) is 23.0 Å². The van der Waals surface area contributed by atoms with Crippen molar-refractivity contribution in [2.24, 2.45) is 17.1 Å². The Kier molecular flexibility index (Phi) is 11.8. The Bertz CT molecular complexity index is 1220. The van der Waals surface area contributed by atoms with E-state index in [4.69, 9.17) is 5.73 Å². The van der Waals surface area contributed by atoms with Crippen molar-refractivity contribution in [2.75, 3.05) is 26.2 Å². The monoisotopic (exact) mass is 567 g/mol. The van der Waals surface area contributed by atoms with E-state index in [1.807, 2.05) is 44.2 Å². The summed E-state index contributed by atoms with van der Waals surface area (Å²) in [7, 11) is 0. The van der Waals surface area contributed by atoms with Crippen molar-refractivity contribution in [3.05, 3.63) is 94.6 Å². The van der Waals surface area contributed by atoms with Crippen molar-refractivity contribution in [3.63, 3.8) is 0 Å². The van der Waals surface area contributed by atoms with Crippen LogP contribution in [-0.2, 0) is 22.4 Å². The number of carbonyl (C=O) groups is 2. The molecule has 1 aliphatic rings. The van der Waals surface area contributed by atoms with Gasteiger partial charge in [-0.15, -0.1) is 0 Å². The highest BCUT2D eigenvalue weighted by Gasteiger charge is 2.48. The largest absolute Gasteiger partial charge is 0.391 e. The van der Waals surface area contributed by atoms with Crippen LogP contribution in [0.1, 0.15) is 51.2 Å². The molecule has 8 heteroatoms. The van der Waals surface area contributed by atoms with Crippen molar-refractivity contribution in [1.82, 2.24) is 10.2 Å². The molecule has 222 valence electrons. The van der Waals surface area contributed by atoms with E-state index in [1.54, 1.807) is 24.0 Å². The van der Waals surface area contributed by atoms with E-state index in [0.29, 0.717) is 36.3 Å². The minimum atomic E-state index is -1.45. The van der Waals surface area contributed by atoms with Crippen molar-refractivity contribution < 1.29 is 23.5 Å². The summed E-state index contributed by atoms with van der Waals surface area (Å²) in [5.74, 6) is -3.22. The lowest BCUT2D eigenvalue weighted by Crippen LogP contribution is -2.52. The third-order valence-corrected chi connectivity index (χ3v) is 7.67. The zero-order valence-electron chi connectivity index (χ0n) is 24.3. The maximum Gasteiger partial charge on any atom is 0.249 e. The minimum absolute atomic E-state index is 0.00796. The molecule has 2 aromatic rings. The molecule has 0 bridgehead atoms. The number of allylic oxidation sites excluding steroid dienone is 2. The van der Waals surface area contributed by atoms with Gasteiger partial charge in [0.15, 0.2) is 0 Å². The summed E-state index contributed by atoms with van der Waals surface area (Å²) in [4.78, 5) is 28.7. The van der Waals surface area contributed by atoms with E-state index in [1.165, 1.54) is 12.1 Å². The van der Waals surface area contributed by atoms with Crippen LogP contribution in [0.25, 0.3) is 0 Å². The second-order valence-electron chi connectivity index (χ2n) is 11.0. The summed E-state index contributed by atoms with van der Waals surface area (Å²) < 4.78 is 28.3. The van der Waals surface area contributed by atoms with Gasteiger partial charge in [0.2, 0.25) is 11.8 Å². The van der Waals surface area contributed by atoms with Gasteiger partial charge in [-0.25, -0.2) is 8.78 Å². The molecule has 3 rings (SSSR count). The quantitative estimate of drug-likeness (QED) is 0.272. The van der Waals surface area contributed by atoms with Crippen LogP contribution in [-0.4, -0.2) is 54.1 Å². The molecule has 0 fully saturated rings. The number of amides is 2. The molecular weight excluding hydrogens is 524 g/mol. The molecule has 1 unspecified atom stereocenters. The van der Waals surface area contributed by atoms with Crippen molar-refractivity contribution >= 4 is 11.8 Å². The predicted octanol–water partition coefficient (Wildman–Crippen LogP) is 4.71. The fourth-order valence-electron chi connectivity index (χ4n) is 5.83. The highest BCUT2D eigenvalue weighted by molar-refractivity contribution is 5.96. The average molecular weight is 568 g/mol. The lowest BCUT2D eigenvalue weighted by atomic mass is 9.63. The zero-order chi connectivity index (χ0) is 30.0. The van der Waals surface area contributed by atoms with Crippen LogP contribution in [0.15, 0.2) is 71.8 Å². The molecule has 0 radical (unpaired) electrons. The van der Waals surface area contributed by atoms with Crippen LogP contribution >= 0.6 is 0 Å². The molecule has 2 amide bonds. The van der Waals surface area contributed by atoms with Gasteiger partial charge in [-0.3, -0.25) is 9.59 Å². The lowest BCUT2D eigenvalue weighted by Gasteiger charge is -2.42. The van der Waals surface area contributed by atoms with Crippen molar-refractivity contribution in [3.8, 4) is 0 Å². The molecule has 1 aliphatic carbocycles. The van der Waals surface area contributed by atoms with E-state index in [9.17, 15) is 23.5 Å². The molecule has 0 saturated heterocycles. The molecule has 0 spiro atoms. The molecule has 3 atom stereocenters. The first kappa shape index (κ1) is 32.2. The summed E-state index contributed by atoms with van der Waals surface area (Å²) in [6.45, 7) is 7.65. The number of primary amides is 1. The van der Waals surface area contributed by atoms with Gasteiger partial charge in [-0.1, -0.05) is 61.9 Å². The SMILES string of the molecule is CCCN(CCC)C(=O)C1=CC(C)=CC(C(N)=O)([C@H](Cc2cc(F)cc(F)c2)[C@@H](O)CNCCc2ccccc2)C1. The van der Waals surface area contributed by atoms with E-state index in [2.05, 4.69) is 5.32 Å². The summed E-state index contributed by atoms with van der Waals surface area (Å²) in [6, 6.07) is 13.1. The lowest BCUT2D eigenvalue weighted by molar-refractivity contribution is -0.132. The second kappa shape index (κ2) is 15.0. The fraction of sp³-hybridized carbons (Fsp3) is 0.455. The van der Waals surface area contributed by atoms with Gasteiger partial charge in [-0.05, 0) is 68.8 Å². The number of benzene rings is 2. The van der Waals surface area contributed by atoms with Gasteiger partial charge in [0, 0.05) is 37.2 Å². The molecule has 6 nitrogen and oxygen atoms in total. The Morgan fingerprint density at radius 3 is 2.27 bits per heavy atom. The normalized spacial score (nSPS) is 18.3. The molecule has 4 N–H and O–H groups in total. The van der Waals surface area contributed by atoms with Crippen molar-refractivity contribution in [1.29, 1.82) is 0 Å². The Hall–Kier alpha value is -3.36. The number of nitrogens with one attached hydrogen (secondary N) is 1. The number of nitrogens with two attached hydrogens (primary N) is 1. The molecule has 0 aliphatic heterocycles. The number of hydrogen-bond acceptors (Lipinski definition) is 4. The number of rotatable bonds is 15. The Balaban J connectivity index is 1.94. The van der Waals surface area contributed by atoms with Gasteiger partial charge in [0.1, 0.15) is 11.6 Å². The Morgan fingerprint density at radius 1 is 1.05 bits per heavy atom. The van der Waals surface area contributed by atoms with Gasteiger partial charge in [0.25, 0.3) is 0 Å². The summed E-state index contributed by atoms with van der Waals surface area (Å²) in [6.07, 6.45) is 4.66. The zero-order valence-corrected chi connectivity index (χ0v) is 24.3. The van der Waals surface area contributed by atoms with Crippen LogP contribution < -0.4 is 11.1 Å². The third kappa shape index (κ3) is 8.57. The van der Waals surface area contributed by atoms with Gasteiger partial charge in [0.05, 0.1) is 11.5 Å². The number of carbonyl (C=O) groups excluding carboxylic acids is 2. The molecular formula is C33H43F2N3O3. The van der Waals surface area contributed by atoms with Crippen LogP contribution in [0.3, 0.4) is 0 Å². The minimum Gasteiger partial charge on any atom is -0.391 e. The number of halogens is 2. The van der Waals surface area contributed by atoms with Crippen LogP contribution in [0.5, 0.6) is 0 Å². The third-order valence-electron chi connectivity index (χ3n) is 7.67. The van der Waals surface area contributed by atoms with Crippen LogP contribution in [0.4, 0.5) is 8.78 Å². The fourth-order valence-corrected chi connectivity index (χ4v) is 5.83. The number of hydrogen-bond donors (Lipinski definition) is 3. The van der Waals surface area contributed by atoms with E-state index in [-0.39, 0.29) is 25.3 Å². The highest BCUT2D eigenvalue weighted by atomic mass is 19.1. The van der Waals surface area contributed by atoms with E-state index < -0.39 is 35.0 Å². The maximum atomic E-state index is 14.2. The van der Waals surface area contributed by atoms with Gasteiger partial charge < -0.3 is 21.1 Å². The number of nitrogens with zero attached hydrogens (tertiary/aromatic N) is 1. The summed E-state index contributed by atoms with van der Waals surface area (Å²) >= 11 is 0. The smallest absolute Gasteiger partial charge is 0.249 e. The molecule has 0 aromatic heterocycles. The summed E-state index contributed by atoms with van der Waals surface area (Å²) in [5, 5.41) is 14.8. The first-order valence-electron chi connectivity index (χ1n) is 14.5. The molecule has 0 heterocycles. The van der Waals surface area contributed by atoms with Crippen LogP contribution in [0.2, 0.25) is 0 Å². The standard InChI is InChI=1S/C33H43F2N3O3/c1-4-13-38(14-5-2)31(40)26-15-23(3)20-33(21-26,32(36)41)29(18-25-16-27(34)19-28(35)17-25)30(39)22-37-12-11-24-9-7-6-8-10-24/h6-10,15-17,19-20,29-30,37,39H,4-5,11-14,18,21-22H2,1-3H3,(H2,36,41)/t29-,30+,33?/m1/s1. The summed E-state index contributed by atoms with van der Waals surface area (Å²) in [5.41, 5.74) is 7.18. The highest BCUT2D eigenvalue weighted by Crippen LogP contribution is 2.44. The van der Waals surface area contributed by atoms with Crippen molar-refractivity contribution in [2.45, 2.75) is 59.0 Å². The molecule has 0 saturated carbocycles. The molecule has 2 aromatic carbocycles. The Morgan fingerprint density at radius 2 is 1.68 bits per heavy atom. The molecule has 41 heavy (non-hydrogen) atoms. The maximum absolute atomic E-state index is 14.2. The second-order valence-corrected chi connectivity index (χ2v) is 11.0. The van der Waals surface area contributed by atoms with E-state index >= 15 is 0 Å². The first-order chi connectivity index (χ1) is 19.6. The van der Waals surface area contributed by atoms with E-state index in [0.717, 1.165) is 30.9 Å². The van der Waals surface area contributed by atoms with Gasteiger partial charge in [-0.2, -0.15) is 0 Å². The predicted molar refractivity (Wildman–Crippen MR) is 158 cm³/mol. The Labute approximate surface area is 242 Å². The first-order valence-corrected chi connectivity index (χ1v) is 14.5. The van der Waals surface area contributed by atoms with Gasteiger partial charge >= 0.3 is 0 Å². The number of aliphatic hydroxyl groups is 1. The number of aliphatic hydroxyl groups excluding tert-OH is 1. The average Bonchev–Trinajstić information content (AvgIpc) is 2.93. The topological polar surface area (TPSA) is 95.7 Å².